The minimum absolute atomic E-state index is 0.0157. The number of nitrogens with one attached hydrogen (secondary N) is 2. The fourth-order valence-corrected chi connectivity index (χ4v) is 1.42. The van der Waals surface area contributed by atoms with Crippen LogP contribution in [-0.2, 0) is 6.54 Å². The number of nitriles is 1. The van der Waals surface area contributed by atoms with E-state index in [2.05, 4.69) is 26.6 Å². The van der Waals surface area contributed by atoms with Gasteiger partial charge in [-0.15, -0.1) is 0 Å². The minimum atomic E-state index is -0.340. The van der Waals surface area contributed by atoms with E-state index >= 15 is 0 Å². The Bertz CT molecular complexity index is 386. The molecule has 0 heterocycles. The quantitative estimate of drug-likeness (QED) is 0.820. The molecule has 0 spiro atoms. The van der Waals surface area contributed by atoms with E-state index in [9.17, 15) is 4.79 Å². The number of nitrogens with zero attached hydrogens (tertiary/aromatic N) is 1. The summed E-state index contributed by atoms with van der Waals surface area (Å²) in [6.07, 6.45) is 0. The van der Waals surface area contributed by atoms with Crippen molar-refractivity contribution in [3.8, 4) is 6.07 Å². The van der Waals surface area contributed by atoms with Crippen molar-refractivity contribution in [1.29, 1.82) is 5.26 Å². The SMILES string of the molecule is N#CCNC(=O)NCc1ccccc1Br. The molecular formula is C10H10BrN3O. The first kappa shape index (κ1) is 11.5. The number of benzene rings is 1. The fraction of sp³-hybridized carbons (Fsp3) is 0.200. The van der Waals surface area contributed by atoms with E-state index in [4.69, 9.17) is 5.26 Å². The van der Waals surface area contributed by atoms with E-state index in [1.165, 1.54) is 0 Å². The van der Waals surface area contributed by atoms with Gasteiger partial charge in [0, 0.05) is 11.0 Å². The first-order valence-corrected chi connectivity index (χ1v) is 5.15. The first-order chi connectivity index (χ1) is 7.24. The summed E-state index contributed by atoms with van der Waals surface area (Å²) in [5, 5.41) is 13.3. The molecule has 15 heavy (non-hydrogen) atoms. The molecule has 0 aliphatic heterocycles. The predicted octanol–water partition coefficient (Wildman–Crippen LogP) is 1.77. The van der Waals surface area contributed by atoms with Gasteiger partial charge in [0.25, 0.3) is 0 Å². The van der Waals surface area contributed by atoms with Gasteiger partial charge >= 0.3 is 6.03 Å². The standard InChI is InChI=1S/C10H10BrN3O/c11-9-4-2-1-3-8(9)7-14-10(15)13-6-5-12/h1-4H,6-7H2,(H2,13,14,15). The molecule has 5 heteroatoms. The van der Waals surface area contributed by atoms with Crippen molar-refractivity contribution in [1.82, 2.24) is 10.6 Å². The molecule has 1 rings (SSSR count). The normalized spacial score (nSPS) is 9.07. The first-order valence-electron chi connectivity index (χ1n) is 4.36. The number of urea groups is 1. The van der Waals surface area contributed by atoms with Crippen LogP contribution in [0.5, 0.6) is 0 Å². The lowest BCUT2D eigenvalue weighted by Gasteiger charge is -2.06. The summed E-state index contributed by atoms with van der Waals surface area (Å²) >= 11 is 3.37. The number of amides is 2. The minimum Gasteiger partial charge on any atom is -0.334 e. The summed E-state index contributed by atoms with van der Waals surface area (Å²) < 4.78 is 0.950. The van der Waals surface area contributed by atoms with Gasteiger partial charge in [0.1, 0.15) is 6.54 Å². The van der Waals surface area contributed by atoms with Crippen LogP contribution in [0.3, 0.4) is 0 Å². The topological polar surface area (TPSA) is 64.9 Å². The summed E-state index contributed by atoms with van der Waals surface area (Å²) in [6, 6.07) is 9.11. The third-order valence-electron chi connectivity index (χ3n) is 1.73. The van der Waals surface area contributed by atoms with E-state index in [1.807, 2.05) is 30.3 Å². The van der Waals surface area contributed by atoms with Crippen LogP contribution in [0.25, 0.3) is 0 Å². The van der Waals surface area contributed by atoms with Crippen molar-refractivity contribution >= 4 is 22.0 Å². The molecule has 0 saturated carbocycles. The molecule has 78 valence electrons. The average molecular weight is 268 g/mol. The molecule has 4 nitrogen and oxygen atoms in total. The number of carbonyl (C=O) groups excluding carboxylic acids is 1. The summed E-state index contributed by atoms with van der Waals surface area (Å²) in [7, 11) is 0. The Morgan fingerprint density at radius 1 is 1.40 bits per heavy atom. The smallest absolute Gasteiger partial charge is 0.315 e. The Hall–Kier alpha value is -1.54. The zero-order chi connectivity index (χ0) is 11.1. The summed E-state index contributed by atoms with van der Waals surface area (Å²) in [5.74, 6) is 0. The van der Waals surface area contributed by atoms with E-state index in [0.717, 1.165) is 10.0 Å². The summed E-state index contributed by atoms with van der Waals surface area (Å²) in [4.78, 5) is 11.1. The summed E-state index contributed by atoms with van der Waals surface area (Å²) in [5.41, 5.74) is 0.990. The number of carbonyl (C=O) groups is 1. The molecule has 0 fully saturated rings. The molecule has 0 aliphatic carbocycles. The van der Waals surface area contributed by atoms with Gasteiger partial charge in [0.15, 0.2) is 0 Å². The van der Waals surface area contributed by atoms with Gasteiger partial charge in [-0.25, -0.2) is 4.79 Å². The van der Waals surface area contributed by atoms with Crippen molar-refractivity contribution in [3.05, 3.63) is 34.3 Å². The molecule has 2 amide bonds. The second kappa shape index (κ2) is 6.04. The fourth-order valence-electron chi connectivity index (χ4n) is 1.000. The maximum absolute atomic E-state index is 11.1. The number of halogens is 1. The maximum atomic E-state index is 11.1. The van der Waals surface area contributed by atoms with Gasteiger partial charge in [0.2, 0.25) is 0 Å². The number of rotatable bonds is 3. The van der Waals surface area contributed by atoms with Gasteiger partial charge < -0.3 is 10.6 Å². The molecule has 0 bridgehead atoms. The van der Waals surface area contributed by atoms with Crippen LogP contribution in [0.2, 0.25) is 0 Å². The van der Waals surface area contributed by atoms with Gasteiger partial charge in [0.05, 0.1) is 6.07 Å². The highest BCUT2D eigenvalue weighted by Gasteiger charge is 2.01. The molecule has 1 aromatic carbocycles. The highest BCUT2D eigenvalue weighted by molar-refractivity contribution is 9.10. The highest BCUT2D eigenvalue weighted by atomic mass is 79.9. The monoisotopic (exact) mass is 267 g/mol. The van der Waals surface area contributed by atoms with E-state index in [1.54, 1.807) is 0 Å². The lowest BCUT2D eigenvalue weighted by atomic mass is 10.2. The molecule has 0 aromatic heterocycles. The highest BCUT2D eigenvalue weighted by Crippen LogP contribution is 2.14. The van der Waals surface area contributed by atoms with Crippen molar-refractivity contribution < 1.29 is 4.79 Å². The Morgan fingerprint density at radius 3 is 2.80 bits per heavy atom. The van der Waals surface area contributed by atoms with Crippen LogP contribution < -0.4 is 10.6 Å². The molecule has 1 aromatic rings. The summed E-state index contributed by atoms with van der Waals surface area (Å²) in [6.45, 7) is 0.445. The molecular weight excluding hydrogens is 258 g/mol. The molecule has 2 N–H and O–H groups in total. The number of hydrogen-bond donors (Lipinski definition) is 2. The second-order valence-electron chi connectivity index (χ2n) is 2.79. The molecule has 0 unspecified atom stereocenters. The molecule has 0 aliphatic rings. The van der Waals surface area contributed by atoms with Crippen LogP contribution in [-0.4, -0.2) is 12.6 Å². The van der Waals surface area contributed by atoms with Crippen LogP contribution >= 0.6 is 15.9 Å². The Labute approximate surface area is 96.4 Å². The Morgan fingerprint density at radius 2 is 2.13 bits per heavy atom. The van der Waals surface area contributed by atoms with Crippen LogP contribution in [0.15, 0.2) is 28.7 Å². The number of hydrogen-bond acceptors (Lipinski definition) is 2. The Kier molecular flexibility index (Phi) is 4.64. The maximum Gasteiger partial charge on any atom is 0.315 e. The molecule has 0 saturated heterocycles. The molecule has 0 radical (unpaired) electrons. The third kappa shape index (κ3) is 4.00. The van der Waals surface area contributed by atoms with Crippen molar-refractivity contribution in [2.24, 2.45) is 0 Å². The van der Waals surface area contributed by atoms with Gasteiger partial charge in [-0.3, -0.25) is 0 Å². The van der Waals surface area contributed by atoms with Gasteiger partial charge in [-0.05, 0) is 11.6 Å². The van der Waals surface area contributed by atoms with Crippen molar-refractivity contribution in [2.45, 2.75) is 6.54 Å². The van der Waals surface area contributed by atoms with E-state index in [0.29, 0.717) is 6.54 Å². The van der Waals surface area contributed by atoms with Crippen LogP contribution in [0.1, 0.15) is 5.56 Å². The van der Waals surface area contributed by atoms with E-state index < -0.39 is 0 Å². The lowest BCUT2D eigenvalue weighted by Crippen LogP contribution is -2.35. The lowest BCUT2D eigenvalue weighted by molar-refractivity contribution is 0.241. The van der Waals surface area contributed by atoms with Crippen LogP contribution in [0.4, 0.5) is 4.79 Å². The second-order valence-corrected chi connectivity index (χ2v) is 3.64. The van der Waals surface area contributed by atoms with E-state index in [-0.39, 0.29) is 12.6 Å². The zero-order valence-corrected chi connectivity index (χ0v) is 9.54. The largest absolute Gasteiger partial charge is 0.334 e. The average Bonchev–Trinajstić information content (AvgIpc) is 2.25. The molecule has 0 atom stereocenters. The van der Waals surface area contributed by atoms with Crippen molar-refractivity contribution in [3.63, 3.8) is 0 Å². The Balaban J connectivity index is 2.41. The van der Waals surface area contributed by atoms with Crippen molar-refractivity contribution in [2.75, 3.05) is 6.54 Å². The van der Waals surface area contributed by atoms with Crippen LogP contribution in [0, 0.1) is 11.3 Å². The van der Waals surface area contributed by atoms with Gasteiger partial charge in [-0.1, -0.05) is 34.1 Å². The third-order valence-corrected chi connectivity index (χ3v) is 2.50. The van der Waals surface area contributed by atoms with Gasteiger partial charge in [-0.2, -0.15) is 5.26 Å². The zero-order valence-electron chi connectivity index (χ0n) is 7.96. The predicted molar refractivity (Wildman–Crippen MR) is 60.0 cm³/mol.